The minimum Gasteiger partial charge on any atom is -0.453 e. The number of ether oxygens (including phenoxy) is 1. The van der Waals surface area contributed by atoms with Gasteiger partial charge in [-0.3, -0.25) is 10.00 Å². The Bertz CT molecular complexity index is 707. The molecule has 0 spiro atoms. The number of H-pyrrole nitrogens is 1. The molecule has 2 aromatic rings. The summed E-state index contributed by atoms with van der Waals surface area (Å²) in [7, 11) is 1.25. The van der Waals surface area contributed by atoms with E-state index in [2.05, 4.69) is 25.1 Å². The summed E-state index contributed by atoms with van der Waals surface area (Å²) in [5.74, 6) is -0.259. The van der Waals surface area contributed by atoms with E-state index in [9.17, 15) is 18.0 Å². The first-order chi connectivity index (χ1) is 10.9. The summed E-state index contributed by atoms with van der Waals surface area (Å²) in [5, 5.41) is 9.16. The number of nitrogens with zero attached hydrogens (tertiary/aromatic N) is 4. The Hall–Kier alpha value is -2.59. The lowest BCUT2D eigenvalue weighted by Gasteiger charge is -2.18. The van der Waals surface area contributed by atoms with Crippen LogP contribution in [0.15, 0.2) is 10.7 Å². The Labute approximate surface area is 127 Å². The Morgan fingerprint density at radius 1 is 1.52 bits per heavy atom. The van der Waals surface area contributed by atoms with Crippen molar-refractivity contribution in [3.05, 3.63) is 17.6 Å². The zero-order valence-corrected chi connectivity index (χ0v) is 11.9. The van der Waals surface area contributed by atoms with Gasteiger partial charge in [-0.25, -0.2) is 4.79 Å². The molecule has 1 amide bonds. The molecule has 1 N–H and O–H groups in total. The third-order valence-electron chi connectivity index (χ3n) is 3.34. The van der Waals surface area contributed by atoms with Crippen molar-refractivity contribution in [1.82, 2.24) is 25.2 Å². The van der Waals surface area contributed by atoms with Gasteiger partial charge in [0, 0.05) is 6.04 Å². The number of hydrogen-bond donors (Lipinski definition) is 1. The van der Waals surface area contributed by atoms with Crippen LogP contribution in [0.3, 0.4) is 0 Å². The molecule has 0 saturated heterocycles. The van der Waals surface area contributed by atoms with Gasteiger partial charge >= 0.3 is 12.3 Å². The van der Waals surface area contributed by atoms with E-state index >= 15 is 0 Å². The minimum atomic E-state index is -4.59. The van der Waals surface area contributed by atoms with Gasteiger partial charge in [-0.2, -0.15) is 23.3 Å². The zero-order valence-electron chi connectivity index (χ0n) is 11.9. The van der Waals surface area contributed by atoms with E-state index in [1.165, 1.54) is 12.0 Å². The van der Waals surface area contributed by atoms with Crippen LogP contribution >= 0.6 is 0 Å². The number of alkyl halides is 3. The molecule has 0 atom stereocenters. The van der Waals surface area contributed by atoms with E-state index < -0.39 is 23.5 Å². The lowest BCUT2D eigenvalue weighted by Crippen LogP contribution is -2.32. The first kappa shape index (κ1) is 15.3. The van der Waals surface area contributed by atoms with Crippen LogP contribution < -0.4 is 0 Å². The van der Waals surface area contributed by atoms with Crippen molar-refractivity contribution < 1.29 is 27.2 Å². The second-order valence-corrected chi connectivity index (χ2v) is 5.00. The number of carbonyl (C=O) groups excluding carboxylic acids is 1. The molecule has 0 aromatic carbocycles. The normalized spacial score (nSPS) is 14.8. The number of nitrogens with one attached hydrogen (secondary N) is 1. The number of halogens is 3. The van der Waals surface area contributed by atoms with E-state index in [-0.39, 0.29) is 24.3 Å². The standard InChI is InChI=1S/C12H12F3N5O3/c1-22-11(21)20(6-2-3-6)5-8-17-10(23-19-8)9-7(4-16-18-9)12(13,14)15/h4,6H,2-3,5H2,1H3,(H,16,18). The summed E-state index contributed by atoms with van der Waals surface area (Å²) in [5.41, 5.74) is -1.41. The largest absolute Gasteiger partial charge is 0.453 e. The van der Waals surface area contributed by atoms with Gasteiger partial charge in [0.2, 0.25) is 0 Å². The highest BCUT2D eigenvalue weighted by Gasteiger charge is 2.38. The van der Waals surface area contributed by atoms with Crippen LogP contribution in [-0.2, 0) is 17.5 Å². The number of rotatable bonds is 4. The fourth-order valence-electron chi connectivity index (χ4n) is 2.08. The highest BCUT2D eigenvalue weighted by molar-refractivity contribution is 5.68. The van der Waals surface area contributed by atoms with Crippen LogP contribution in [0.2, 0.25) is 0 Å². The van der Waals surface area contributed by atoms with Gasteiger partial charge in [-0.1, -0.05) is 5.16 Å². The second kappa shape index (κ2) is 5.56. The average Bonchev–Trinajstić information content (AvgIpc) is 3.02. The molecule has 3 rings (SSSR count). The first-order valence-electron chi connectivity index (χ1n) is 6.68. The van der Waals surface area contributed by atoms with Gasteiger partial charge in [0.25, 0.3) is 5.89 Å². The average molecular weight is 331 g/mol. The summed E-state index contributed by atoms with van der Waals surface area (Å²) in [6, 6.07) is 0.0299. The van der Waals surface area contributed by atoms with Crippen molar-refractivity contribution in [3.8, 4) is 11.6 Å². The van der Waals surface area contributed by atoms with Crippen LogP contribution in [-0.4, -0.2) is 44.5 Å². The van der Waals surface area contributed by atoms with Gasteiger partial charge < -0.3 is 9.26 Å². The van der Waals surface area contributed by atoms with E-state index in [1.807, 2.05) is 0 Å². The van der Waals surface area contributed by atoms with Crippen LogP contribution in [0.5, 0.6) is 0 Å². The first-order valence-corrected chi connectivity index (χ1v) is 6.68. The summed E-state index contributed by atoms with van der Waals surface area (Å²) < 4.78 is 48.0. The van der Waals surface area contributed by atoms with Gasteiger partial charge in [-0.05, 0) is 12.8 Å². The zero-order chi connectivity index (χ0) is 16.6. The molecule has 8 nitrogen and oxygen atoms in total. The van der Waals surface area contributed by atoms with Gasteiger partial charge in [0.1, 0.15) is 11.3 Å². The third-order valence-corrected chi connectivity index (χ3v) is 3.34. The van der Waals surface area contributed by atoms with E-state index in [0.29, 0.717) is 6.20 Å². The molecule has 1 fully saturated rings. The van der Waals surface area contributed by atoms with Crippen molar-refractivity contribution in [3.63, 3.8) is 0 Å². The summed E-state index contributed by atoms with van der Waals surface area (Å²) in [4.78, 5) is 17.0. The van der Waals surface area contributed by atoms with Crippen LogP contribution in [0.4, 0.5) is 18.0 Å². The monoisotopic (exact) mass is 331 g/mol. The van der Waals surface area contributed by atoms with Crippen molar-refractivity contribution >= 4 is 6.09 Å². The SMILES string of the molecule is COC(=O)N(Cc1noc(-c2[nH]ncc2C(F)(F)F)n1)C1CC1. The molecule has 2 heterocycles. The number of methoxy groups -OCH3 is 1. The molecule has 124 valence electrons. The molecular formula is C12H12F3N5O3. The van der Waals surface area contributed by atoms with Gasteiger partial charge in [-0.15, -0.1) is 0 Å². The Morgan fingerprint density at radius 3 is 2.87 bits per heavy atom. The number of amides is 1. The molecule has 0 bridgehead atoms. The predicted octanol–water partition coefficient (Wildman–Crippen LogP) is 2.21. The molecule has 0 radical (unpaired) electrons. The molecule has 1 saturated carbocycles. The van der Waals surface area contributed by atoms with Gasteiger partial charge in [0.15, 0.2) is 5.82 Å². The Morgan fingerprint density at radius 2 is 2.26 bits per heavy atom. The molecule has 0 unspecified atom stereocenters. The van der Waals surface area contributed by atoms with E-state index in [1.54, 1.807) is 0 Å². The highest BCUT2D eigenvalue weighted by atomic mass is 19.4. The third kappa shape index (κ3) is 3.12. The Kier molecular flexibility index (Phi) is 3.70. The molecular weight excluding hydrogens is 319 g/mol. The van der Waals surface area contributed by atoms with Crippen molar-refractivity contribution in [2.24, 2.45) is 0 Å². The minimum absolute atomic E-state index is 0.00364. The maximum atomic E-state index is 12.8. The summed E-state index contributed by atoms with van der Waals surface area (Å²) in [6.07, 6.45) is -2.83. The van der Waals surface area contributed by atoms with Crippen LogP contribution in [0.1, 0.15) is 24.2 Å². The molecule has 1 aliphatic carbocycles. The Balaban J connectivity index is 1.81. The lowest BCUT2D eigenvalue weighted by atomic mass is 10.2. The topological polar surface area (TPSA) is 97.1 Å². The summed E-state index contributed by atoms with van der Waals surface area (Å²) in [6.45, 7) is -0.00364. The lowest BCUT2D eigenvalue weighted by molar-refractivity contribution is -0.137. The number of hydrogen-bond acceptors (Lipinski definition) is 6. The van der Waals surface area contributed by atoms with Gasteiger partial charge in [0.05, 0.1) is 19.9 Å². The fourth-order valence-corrected chi connectivity index (χ4v) is 2.08. The maximum absolute atomic E-state index is 12.8. The summed E-state index contributed by atoms with van der Waals surface area (Å²) >= 11 is 0. The van der Waals surface area contributed by atoms with Crippen LogP contribution in [0, 0.1) is 0 Å². The van der Waals surface area contributed by atoms with E-state index in [0.717, 1.165) is 12.8 Å². The number of aromatic amines is 1. The van der Waals surface area contributed by atoms with E-state index in [4.69, 9.17) is 4.52 Å². The molecule has 11 heteroatoms. The molecule has 2 aromatic heterocycles. The highest BCUT2D eigenvalue weighted by Crippen LogP contribution is 2.35. The smallest absolute Gasteiger partial charge is 0.420 e. The molecule has 23 heavy (non-hydrogen) atoms. The predicted molar refractivity (Wildman–Crippen MR) is 67.9 cm³/mol. The fraction of sp³-hybridized carbons (Fsp3) is 0.500. The number of aromatic nitrogens is 4. The maximum Gasteiger partial charge on any atom is 0.420 e. The number of carbonyl (C=O) groups is 1. The van der Waals surface area contributed by atoms with Crippen LogP contribution in [0.25, 0.3) is 11.6 Å². The molecule has 1 aliphatic rings. The van der Waals surface area contributed by atoms with Crippen molar-refractivity contribution in [2.75, 3.05) is 7.11 Å². The van der Waals surface area contributed by atoms with Crippen molar-refractivity contribution in [2.45, 2.75) is 31.6 Å². The van der Waals surface area contributed by atoms with Crippen molar-refractivity contribution in [1.29, 1.82) is 0 Å². The molecule has 0 aliphatic heterocycles. The quantitative estimate of drug-likeness (QED) is 0.922. The second-order valence-electron chi connectivity index (χ2n) is 5.00.